The summed E-state index contributed by atoms with van der Waals surface area (Å²) in [5, 5.41) is 14.4. The third-order valence-electron chi connectivity index (χ3n) is 4.17. The van der Waals surface area contributed by atoms with Crippen molar-refractivity contribution in [3.05, 3.63) is 64.9 Å². The fourth-order valence-electron chi connectivity index (χ4n) is 2.93. The second-order valence-electron chi connectivity index (χ2n) is 6.04. The van der Waals surface area contributed by atoms with Crippen LogP contribution in [0.5, 0.6) is 5.75 Å². The van der Waals surface area contributed by atoms with E-state index < -0.39 is 0 Å². The van der Waals surface area contributed by atoms with Crippen LogP contribution in [0.2, 0.25) is 5.02 Å². The van der Waals surface area contributed by atoms with Gasteiger partial charge in [0.15, 0.2) is 0 Å². The lowest BCUT2D eigenvalue weighted by Crippen LogP contribution is -2.00. The molecule has 2 heterocycles. The van der Waals surface area contributed by atoms with E-state index in [0.29, 0.717) is 33.8 Å². The first-order chi connectivity index (χ1) is 13.0. The number of anilines is 2. The van der Waals surface area contributed by atoms with Crippen LogP contribution in [0.3, 0.4) is 0 Å². The van der Waals surface area contributed by atoms with Crippen molar-refractivity contribution >= 4 is 45.8 Å². The monoisotopic (exact) mass is 399 g/mol. The lowest BCUT2D eigenvalue weighted by Gasteiger charge is -2.08. The fraction of sp³-hybridized carbons (Fsp3) is 0.100. The zero-order valence-electron chi connectivity index (χ0n) is 14.3. The molecule has 2 N–H and O–H groups in total. The number of phenols is 1. The first-order valence-corrected chi connectivity index (χ1v) is 9.14. The molecule has 2 aromatic heterocycles. The molecule has 0 aliphatic carbocycles. The van der Waals surface area contributed by atoms with E-state index in [0.717, 1.165) is 16.5 Å². The van der Waals surface area contributed by atoms with Gasteiger partial charge in [-0.25, -0.2) is 4.98 Å². The van der Waals surface area contributed by atoms with Crippen molar-refractivity contribution in [1.82, 2.24) is 9.97 Å². The molecule has 0 aliphatic heterocycles. The summed E-state index contributed by atoms with van der Waals surface area (Å²) in [5.74, 6) is 2.03. The Morgan fingerprint density at radius 3 is 2.59 bits per heavy atom. The molecule has 0 unspecified atom stereocenters. The average Bonchev–Trinajstić information content (AvgIpc) is 2.99. The van der Waals surface area contributed by atoms with E-state index in [2.05, 4.69) is 15.3 Å². The first-order valence-electron chi connectivity index (χ1n) is 8.23. The van der Waals surface area contributed by atoms with Crippen LogP contribution < -0.4 is 5.32 Å². The van der Waals surface area contributed by atoms with Crippen molar-refractivity contribution < 1.29 is 9.52 Å². The number of aryl methyl sites for hydroxylation is 1. The largest absolute Gasteiger partial charge is 0.508 e. The van der Waals surface area contributed by atoms with Gasteiger partial charge < -0.3 is 14.8 Å². The van der Waals surface area contributed by atoms with Crippen LogP contribution in [-0.2, 0) is 5.88 Å². The maximum absolute atomic E-state index is 9.71. The van der Waals surface area contributed by atoms with Gasteiger partial charge in [0.1, 0.15) is 23.2 Å². The first kappa shape index (κ1) is 17.6. The highest BCUT2D eigenvalue weighted by atomic mass is 35.5. The molecule has 0 bridgehead atoms. The van der Waals surface area contributed by atoms with Gasteiger partial charge in [0.2, 0.25) is 5.71 Å². The molecule has 0 aliphatic rings. The summed E-state index contributed by atoms with van der Waals surface area (Å²) in [6.07, 6.45) is 0. The highest BCUT2D eigenvalue weighted by molar-refractivity contribution is 6.30. The Bertz CT molecular complexity index is 1120. The quantitative estimate of drug-likeness (QED) is 0.409. The van der Waals surface area contributed by atoms with Gasteiger partial charge in [-0.15, -0.1) is 11.6 Å². The topological polar surface area (TPSA) is 71.2 Å². The number of nitrogens with one attached hydrogen (secondary N) is 1. The lowest BCUT2D eigenvalue weighted by atomic mass is 10.1. The number of alkyl halides is 1. The van der Waals surface area contributed by atoms with Crippen LogP contribution in [0.4, 0.5) is 11.5 Å². The Labute approximate surface area is 165 Å². The molecule has 0 atom stereocenters. The van der Waals surface area contributed by atoms with E-state index in [9.17, 15) is 5.11 Å². The fourth-order valence-corrected chi connectivity index (χ4v) is 3.18. The molecule has 0 amide bonds. The molecule has 0 saturated carbocycles. The highest BCUT2D eigenvalue weighted by Crippen LogP contribution is 2.37. The van der Waals surface area contributed by atoms with Crippen molar-refractivity contribution in [2.45, 2.75) is 12.8 Å². The number of hydrogen-bond acceptors (Lipinski definition) is 5. The zero-order valence-corrected chi connectivity index (χ0v) is 15.8. The summed E-state index contributed by atoms with van der Waals surface area (Å²) in [4.78, 5) is 8.92. The number of nitrogens with zero attached hydrogens (tertiary/aromatic N) is 2. The second-order valence-corrected chi connectivity index (χ2v) is 6.74. The minimum atomic E-state index is 0.153. The predicted molar refractivity (Wildman–Crippen MR) is 108 cm³/mol. The maximum Gasteiger partial charge on any atom is 0.232 e. The van der Waals surface area contributed by atoms with Gasteiger partial charge >= 0.3 is 0 Å². The normalized spacial score (nSPS) is 11.1. The Balaban J connectivity index is 1.88. The lowest BCUT2D eigenvalue weighted by molar-refractivity contribution is 0.475. The maximum atomic E-state index is 9.71. The standard InChI is InChI=1S/C20H15Cl2N3O2/c1-11-17-19(23-14-3-2-4-15(26)9-14)24-16(10-21)25-20(17)27-18(11)12-5-7-13(22)8-6-12/h2-9,26H,10H2,1H3,(H,23,24,25). The molecule has 0 radical (unpaired) electrons. The molecular weight excluding hydrogens is 385 g/mol. The summed E-state index contributed by atoms with van der Waals surface area (Å²) >= 11 is 11.9. The van der Waals surface area contributed by atoms with Crippen molar-refractivity contribution in [3.8, 4) is 17.1 Å². The van der Waals surface area contributed by atoms with Crippen LogP contribution in [-0.4, -0.2) is 15.1 Å². The van der Waals surface area contributed by atoms with E-state index in [-0.39, 0.29) is 11.6 Å². The minimum Gasteiger partial charge on any atom is -0.508 e. The number of aromatic hydroxyl groups is 1. The van der Waals surface area contributed by atoms with E-state index in [1.165, 1.54) is 0 Å². The molecule has 5 nitrogen and oxygen atoms in total. The number of benzene rings is 2. The van der Waals surface area contributed by atoms with E-state index in [1.807, 2.05) is 37.3 Å². The average molecular weight is 400 g/mol. The number of phenolic OH excluding ortho intramolecular Hbond substituents is 1. The Hall–Kier alpha value is -2.76. The van der Waals surface area contributed by atoms with Crippen LogP contribution in [0.25, 0.3) is 22.4 Å². The second kappa shape index (κ2) is 7.10. The molecule has 0 saturated heterocycles. The predicted octanol–water partition coefficient (Wildman–Crippen LogP) is 6.04. The zero-order chi connectivity index (χ0) is 19.0. The Morgan fingerprint density at radius 1 is 1.11 bits per heavy atom. The molecule has 0 spiro atoms. The smallest absolute Gasteiger partial charge is 0.232 e. The van der Waals surface area contributed by atoms with Gasteiger partial charge in [-0.1, -0.05) is 17.7 Å². The number of hydrogen-bond donors (Lipinski definition) is 2. The number of furan rings is 1. The van der Waals surface area contributed by atoms with Crippen LogP contribution >= 0.6 is 23.2 Å². The molecule has 4 rings (SSSR count). The van der Waals surface area contributed by atoms with Gasteiger partial charge in [-0.2, -0.15) is 4.98 Å². The summed E-state index contributed by atoms with van der Waals surface area (Å²) < 4.78 is 6.03. The molecule has 4 aromatic rings. The van der Waals surface area contributed by atoms with Crippen LogP contribution in [0.1, 0.15) is 11.4 Å². The van der Waals surface area contributed by atoms with Gasteiger partial charge in [-0.3, -0.25) is 0 Å². The van der Waals surface area contributed by atoms with Crippen molar-refractivity contribution in [2.24, 2.45) is 0 Å². The molecule has 2 aromatic carbocycles. The van der Waals surface area contributed by atoms with Crippen LogP contribution in [0.15, 0.2) is 52.9 Å². The molecule has 27 heavy (non-hydrogen) atoms. The molecule has 7 heteroatoms. The van der Waals surface area contributed by atoms with Gasteiger partial charge in [0, 0.05) is 27.9 Å². The Morgan fingerprint density at radius 2 is 1.89 bits per heavy atom. The molecule has 0 fully saturated rings. The highest BCUT2D eigenvalue weighted by Gasteiger charge is 2.19. The minimum absolute atomic E-state index is 0.153. The molecule has 136 valence electrons. The van der Waals surface area contributed by atoms with Gasteiger partial charge in [0.25, 0.3) is 0 Å². The van der Waals surface area contributed by atoms with Crippen molar-refractivity contribution in [2.75, 3.05) is 5.32 Å². The van der Waals surface area contributed by atoms with Gasteiger partial charge in [0.05, 0.1) is 11.3 Å². The van der Waals surface area contributed by atoms with E-state index >= 15 is 0 Å². The third-order valence-corrected chi connectivity index (χ3v) is 4.66. The Kier molecular flexibility index (Phi) is 4.64. The molecular formula is C20H15Cl2N3O2. The number of rotatable bonds is 4. The van der Waals surface area contributed by atoms with E-state index in [1.54, 1.807) is 18.2 Å². The van der Waals surface area contributed by atoms with Gasteiger partial charge in [-0.05, 0) is 43.3 Å². The summed E-state index contributed by atoms with van der Waals surface area (Å²) in [7, 11) is 0. The third kappa shape index (κ3) is 3.44. The van der Waals surface area contributed by atoms with Crippen molar-refractivity contribution in [1.29, 1.82) is 0 Å². The summed E-state index contributed by atoms with van der Waals surface area (Å²) in [5.41, 5.74) is 2.94. The van der Waals surface area contributed by atoms with Crippen LogP contribution in [0, 0.1) is 6.92 Å². The summed E-state index contributed by atoms with van der Waals surface area (Å²) in [6.45, 7) is 1.95. The summed E-state index contributed by atoms with van der Waals surface area (Å²) in [6, 6.07) is 14.2. The number of aromatic nitrogens is 2. The van der Waals surface area contributed by atoms with E-state index in [4.69, 9.17) is 27.6 Å². The SMILES string of the molecule is Cc1c(-c2ccc(Cl)cc2)oc2nc(CCl)nc(Nc3cccc(O)c3)c12. The van der Waals surface area contributed by atoms with Crippen molar-refractivity contribution in [3.63, 3.8) is 0 Å². The number of halogens is 2. The number of fused-ring (bicyclic) bond motifs is 1.